The first-order chi connectivity index (χ1) is 15.1. The van der Waals surface area contributed by atoms with Gasteiger partial charge in [-0.2, -0.15) is 0 Å². The topological polar surface area (TPSA) is 74.7 Å². The molecule has 3 aromatic rings. The Labute approximate surface area is 181 Å². The van der Waals surface area contributed by atoms with E-state index in [0.717, 1.165) is 28.6 Å². The van der Waals surface area contributed by atoms with E-state index in [0.29, 0.717) is 18.8 Å². The highest BCUT2D eigenvalue weighted by Gasteiger charge is 2.26. The highest BCUT2D eigenvalue weighted by Crippen LogP contribution is 2.41. The fraction of sp³-hybridized carbons (Fsp3) is 0.280. The fourth-order valence-corrected chi connectivity index (χ4v) is 4.13. The lowest BCUT2D eigenvalue weighted by molar-refractivity contribution is 0.0698. The molecule has 0 spiro atoms. The van der Waals surface area contributed by atoms with Gasteiger partial charge >= 0.3 is 5.97 Å². The lowest BCUT2D eigenvalue weighted by Gasteiger charge is -2.21. The maximum atomic E-state index is 11.4. The number of nitrogens with zero attached hydrogens (tertiary/aromatic N) is 2. The highest BCUT2D eigenvalue weighted by molar-refractivity contribution is 5.93. The van der Waals surface area contributed by atoms with Crippen LogP contribution in [0.25, 0.3) is 0 Å². The van der Waals surface area contributed by atoms with Gasteiger partial charge in [0.15, 0.2) is 0 Å². The van der Waals surface area contributed by atoms with Gasteiger partial charge in [-0.25, -0.2) is 4.79 Å². The summed E-state index contributed by atoms with van der Waals surface area (Å²) in [5, 5.41) is 12.6. The van der Waals surface area contributed by atoms with Crippen molar-refractivity contribution in [3.8, 4) is 5.75 Å². The number of rotatable bonds is 7. The number of pyridine rings is 1. The smallest absolute Gasteiger partial charge is 0.337 e. The van der Waals surface area contributed by atoms with Crippen molar-refractivity contribution >= 4 is 23.0 Å². The zero-order valence-electron chi connectivity index (χ0n) is 17.4. The first kappa shape index (κ1) is 19.4. The summed E-state index contributed by atoms with van der Waals surface area (Å²) in [6.07, 6.45) is 5.66. The Morgan fingerprint density at radius 1 is 1.16 bits per heavy atom. The Kier molecular flexibility index (Phi) is 4.98. The van der Waals surface area contributed by atoms with Gasteiger partial charge in [0.25, 0.3) is 0 Å². The predicted octanol–water partition coefficient (Wildman–Crippen LogP) is 5.01. The number of ether oxygens (including phenoxy) is 1. The van der Waals surface area contributed by atoms with Crippen LogP contribution in [0.3, 0.4) is 0 Å². The molecule has 1 saturated carbocycles. The molecule has 1 aliphatic heterocycles. The number of benzene rings is 2. The molecule has 0 unspecified atom stereocenters. The van der Waals surface area contributed by atoms with E-state index in [1.165, 1.54) is 30.7 Å². The van der Waals surface area contributed by atoms with Crippen molar-refractivity contribution < 1.29 is 14.6 Å². The van der Waals surface area contributed by atoms with Gasteiger partial charge in [-0.15, -0.1) is 0 Å². The van der Waals surface area contributed by atoms with E-state index in [-0.39, 0.29) is 11.5 Å². The molecule has 0 amide bonds. The van der Waals surface area contributed by atoms with Crippen LogP contribution in [0.1, 0.15) is 46.2 Å². The minimum absolute atomic E-state index is 0.147. The molecule has 6 nitrogen and oxygen atoms in total. The Balaban J connectivity index is 1.29. The van der Waals surface area contributed by atoms with Gasteiger partial charge in [0, 0.05) is 48.7 Å². The van der Waals surface area contributed by atoms with E-state index in [9.17, 15) is 9.90 Å². The first-order valence-corrected chi connectivity index (χ1v) is 10.6. The minimum atomic E-state index is -0.967. The minimum Gasteiger partial charge on any atom is -0.493 e. The molecule has 158 valence electrons. The van der Waals surface area contributed by atoms with Gasteiger partial charge in [-0.3, -0.25) is 4.98 Å². The Morgan fingerprint density at radius 2 is 1.94 bits per heavy atom. The quantitative estimate of drug-likeness (QED) is 0.565. The van der Waals surface area contributed by atoms with Crippen LogP contribution in [-0.4, -0.2) is 36.3 Å². The first-order valence-electron chi connectivity index (χ1n) is 10.6. The van der Waals surface area contributed by atoms with Crippen molar-refractivity contribution in [3.05, 3.63) is 77.6 Å². The lowest BCUT2D eigenvalue weighted by atomic mass is 10.0. The Hall–Kier alpha value is -3.54. The monoisotopic (exact) mass is 415 g/mol. The molecule has 2 aromatic carbocycles. The second kappa shape index (κ2) is 7.95. The Bertz CT molecular complexity index is 1110. The third-order valence-corrected chi connectivity index (χ3v) is 6.18. The van der Waals surface area contributed by atoms with Crippen LogP contribution in [-0.2, 0) is 0 Å². The van der Waals surface area contributed by atoms with E-state index in [1.807, 2.05) is 0 Å². The Morgan fingerprint density at radius 3 is 2.68 bits per heavy atom. The van der Waals surface area contributed by atoms with E-state index >= 15 is 0 Å². The van der Waals surface area contributed by atoms with Crippen molar-refractivity contribution in [1.82, 2.24) is 4.98 Å². The lowest BCUT2D eigenvalue weighted by Crippen LogP contribution is -2.16. The van der Waals surface area contributed by atoms with E-state index in [2.05, 4.69) is 64.7 Å². The molecule has 1 fully saturated rings. The van der Waals surface area contributed by atoms with E-state index in [1.54, 1.807) is 6.20 Å². The molecule has 5 rings (SSSR count). The molecular weight excluding hydrogens is 390 g/mol. The molecule has 0 saturated heterocycles. The van der Waals surface area contributed by atoms with Crippen LogP contribution in [0.4, 0.5) is 17.1 Å². The summed E-state index contributed by atoms with van der Waals surface area (Å²) in [6.45, 7) is 1.14. The normalized spacial score (nSPS) is 17.0. The highest BCUT2D eigenvalue weighted by atomic mass is 16.5. The molecule has 31 heavy (non-hydrogen) atoms. The van der Waals surface area contributed by atoms with Gasteiger partial charge in [0.05, 0.1) is 24.1 Å². The molecule has 2 aliphatic rings. The van der Waals surface area contributed by atoms with Crippen molar-refractivity contribution in [3.63, 3.8) is 0 Å². The van der Waals surface area contributed by atoms with Gasteiger partial charge in [-0.05, 0) is 48.6 Å². The van der Waals surface area contributed by atoms with Gasteiger partial charge < -0.3 is 20.1 Å². The molecule has 2 N–H and O–H groups in total. The molecule has 1 aliphatic carbocycles. The molecular formula is C25H25N3O3. The van der Waals surface area contributed by atoms with Crippen LogP contribution >= 0.6 is 0 Å². The average Bonchev–Trinajstić information content (AvgIpc) is 3.57. The predicted molar refractivity (Wildman–Crippen MR) is 121 cm³/mol. The number of anilines is 3. The van der Waals surface area contributed by atoms with Crippen LogP contribution in [0, 0.1) is 0 Å². The summed E-state index contributed by atoms with van der Waals surface area (Å²) < 4.78 is 5.96. The zero-order valence-corrected chi connectivity index (χ0v) is 17.4. The van der Waals surface area contributed by atoms with Crippen LogP contribution in [0.5, 0.6) is 5.75 Å². The number of carboxylic acids is 1. The van der Waals surface area contributed by atoms with Crippen molar-refractivity contribution in [2.75, 3.05) is 30.4 Å². The molecule has 1 atom stereocenters. The number of hydrogen-bond acceptors (Lipinski definition) is 5. The zero-order chi connectivity index (χ0) is 21.4. The number of carboxylic acid groups (broad SMARTS) is 1. The molecule has 1 aromatic heterocycles. The average molecular weight is 415 g/mol. The van der Waals surface area contributed by atoms with Crippen LogP contribution in [0.15, 0.2) is 60.9 Å². The number of carbonyl (C=O) groups is 1. The third kappa shape index (κ3) is 3.93. The molecule has 0 radical (unpaired) electrons. The van der Waals surface area contributed by atoms with Crippen molar-refractivity contribution in [2.24, 2.45) is 0 Å². The molecule has 6 heteroatoms. The van der Waals surface area contributed by atoms with Gasteiger partial charge in [0.2, 0.25) is 0 Å². The van der Waals surface area contributed by atoms with Crippen molar-refractivity contribution in [1.29, 1.82) is 0 Å². The summed E-state index contributed by atoms with van der Waals surface area (Å²) in [7, 11) is 2.07. The summed E-state index contributed by atoms with van der Waals surface area (Å²) in [5.74, 6) is 0.826. The standard InChI is InChI=1S/C25H25N3O3/c1-28(19-6-4-17(5-7-19)16-2-3-16)20-8-9-21-18(15-31-24(21)12-20)13-27-23-14-26-11-10-22(23)25(29)30/h4-12,14,16,18,27H,2-3,13,15H2,1H3,(H,29,30)/t18-/m0/s1. The second-order valence-electron chi connectivity index (χ2n) is 8.26. The number of fused-ring (bicyclic) bond motifs is 1. The SMILES string of the molecule is CN(c1ccc(C2CC2)cc1)c1ccc2c(c1)OC[C@@H]2CNc1cnccc1C(=O)O. The van der Waals surface area contributed by atoms with E-state index in [4.69, 9.17) is 4.74 Å². The third-order valence-electron chi connectivity index (χ3n) is 6.18. The largest absolute Gasteiger partial charge is 0.493 e. The second-order valence-corrected chi connectivity index (χ2v) is 8.26. The number of aromatic nitrogens is 1. The molecule has 0 bridgehead atoms. The summed E-state index contributed by atoms with van der Waals surface area (Å²) in [5.41, 5.74) is 5.54. The van der Waals surface area contributed by atoms with Crippen LogP contribution in [0.2, 0.25) is 0 Å². The van der Waals surface area contributed by atoms with Gasteiger partial charge in [-0.1, -0.05) is 18.2 Å². The summed E-state index contributed by atoms with van der Waals surface area (Å²) >= 11 is 0. The maximum Gasteiger partial charge on any atom is 0.337 e. The number of nitrogens with one attached hydrogen (secondary N) is 1. The fourth-order valence-electron chi connectivity index (χ4n) is 4.13. The molecule has 2 heterocycles. The summed E-state index contributed by atoms with van der Waals surface area (Å²) in [4.78, 5) is 17.6. The maximum absolute atomic E-state index is 11.4. The number of aromatic carboxylic acids is 1. The van der Waals surface area contributed by atoms with Crippen LogP contribution < -0.4 is 15.0 Å². The number of hydrogen-bond donors (Lipinski definition) is 2. The van der Waals surface area contributed by atoms with Crippen molar-refractivity contribution in [2.45, 2.75) is 24.7 Å². The summed E-state index contributed by atoms with van der Waals surface area (Å²) in [6, 6.07) is 16.6. The van der Waals surface area contributed by atoms with Gasteiger partial charge in [0.1, 0.15) is 5.75 Å². The van der Waals surface area contributed by atoms with E-state index < -0.39 is 5.97 Å².